The highest BCUT2D eigenvalue weighted by molar-refractivity contribution is 5.89. The van der Waals surface area contributed by atoms with Crippen molar-refractivity contribution in [2.24, 2.45) is 23.0 Å². The van der Waals surface area contributed by atoms with E-state index in [2.05, 4.69) is 19.2 Å². The lowest BCUT2D eigenvalue weighted by Gasteiger charge is -2.57. The Morgan fingerprint density at radius 3 is 2.45 bits per heavy atom. The molecule has 0 radical (unpaired) electrons. The first kappa shape index (κ1) is 15.8. The number of carbonyl (C=O) groups is 1. The number of rotatable bonds is 4. The van der Waals surface area contributed by atoms with Crippen LogP contribution < -0.4 is 11.1 Å². The zero-order valence-corrected chi connectivity index (χ0v) is 13.5. The van der Waals surface area contributed by atoms with E-state index in [0.717, 1.165) is 6.42 Å². The summed E-state index contributed by atoms with van der Waals surface area (Å²) in [5, 5.41) is 3.20. The number of amides is 1. The summed E-state index contributed by atoms with van der Waals surface area (Å²) in [5.41, 5.74) is 5.31. The van der Waals surface area contributed by atoms with Crippen LogP contribution in [-0.4, -0.2) is 30.2 Å². The molecule has 5 atom stereocenters. The molecule has 1 amide bonds. The highest BCUT2D eigenvalue weighted by Gasteiger charge is 2.63. The summed E-state index contributed by atoms with van der Waals surface area (Å²) in [6.07, 6.45) is 2.97. The second-order valence-electron chi connectivity index (χ2n) is 7.33. The van der Waals surface area contributed by atoms with Gasteiger partial charge in [0.15, 0.2) is 0 Å². The minimum absolute atomic E-state index is 0.00408. The third-order valence-corrected chi connectivity index (χ3v) is 6.02. The molecule has 2 saturated carbocycles. The average molecular weight is 282 g/mol. The van der Waals surface area contributed by atoms with Crippen molar-refractivity contribution in [1.29, 1.82) is 0 Å². The van der Waals surface area contributed by atoms with Crippen molar-refractivity contribution in [2.75, 3.05) is 6.61 Å². The predicted octanol–water partition coefficient (Wildman–Crippen LogP) is 2.07. The molecule has 4 nitrogen and oxygen atoms in total. The van der Waals surface area contributed by atoms with Gasteiger partial charge in [-0.15, -0.1) is 0 Å². The van der Waals surface area contributed by atoms with Crippen LogP contribution in [0.3, 0.4) is 0 Å². The molecule has 0 aliphatic heterocycles. The number of ether oxygens (including phenoxy) is 1. The van der Waals surface area contributed by atoms with E-state index in [-0.39, 0.29) is 23.5 Å². The predicted molar refractivity (Wildman–Crippen MR) is 80.2 cm³/mol. The molecule has 3 N–H and O–H groups in total. The second-order valence-corrected chi connectivity index (χ2v) is 7.33. The van der Waals surface area contributed by atoms with Gasteiger partial charge in [-0.25, -0.2) is 0 Å². The summed E-state index contributed by atoms with van der Waals surface area (Å²) < 4.78 is 5.69. The lowest BCUT2D eigenvalue weighted by Crippen LogP contribution is -2.76. The van der Waals surface area contributed by atoms with Gasteiger partial charge in [0.05, 0.1) is 6.10 Å². The molecule has 116 valence electrons. The molecule has 2 fully saturated rings. The molecule has 0 spiro atoms. The maximum Gasteiger partial charge on any atom is 0.241 e. The van der Waals surface area contributed by atoms with Crippen LogP contribution in [0.5, 0.6) is 0 Å². The van der Waals surface area contributed by atoms with E-state index in [9.17, 15) is 4.79 Å². The molecule has 4 heteroatoms. The third kappa shape index (κ3) is 2.27. The maximum absolute atomic E-state index is 12.6. The Morgan fingerprint density at radius 2 is 2.00 bits per heavy atom. The summed E-state index contributed by atoms with van der Waals surface area (Å²) in [4.78, 5) is 12.6. The first-order valence-electron chi connectivity index (χ1n) is 7.95. The summed E-state index contributed by atoms with van der Waals surface area (Å²) in [7, 11) is 0. The van der Waals surface area contributed by atoms with Gasteiger partial charge < -0.3 is 15.8 Å². The van der Waals surface area contributed by atoms with Gasteiger partial charge in [-0.05, 0) is 31.6 Å². The topological polar surface area (TPSA) is 64.3 Å². The normalized spacial score (nSPS) is 43.1. The fraction of sp³-hybridized carbons (Fsp3) is 0.938. The quantitative estimate of drug-likeness (QED) is 0.829. The molecule has 2 aliphatic rings. The van der Waals surface area contributed by atoms with Crippen molar-refractivity contribution in [3.8, 4) is 0 Å². The molecule has 0 saturated heterocycles. The standard InChI is InChI=1S/C16H30N2O2/c1-6-20-13-9-16(17,15(13,4)5)14(19)18-12-8-7-10(2)11(12)3/h10-13H,6-9,17H2,1-5H3,(H,18,19). The zero-order chi connectivity index (χ0) is 15.1. The summed E-state index contributed by atoms with van der Waals surface area (Å²) in [5.74, 6) is 1.22. The van der Waals surface area contributed by atoms with Gasteiger partial charge in [0.1, 0.15) is 5.54 Å². The molecule has 2 rings (SSSR count). The van der Waals surface area contributed by atoms with Gasteiger partial charge in [0, 0.05) is 24.5 Å². The van der Waals surface area contributed by atoms with E-state index < -0.39 is 5.54 Å². The van der Waals surface area contributed by atoms with Crippen LogP contribution in [0.2, 0.25) is 0 Å². The Labute approximate surface area is 122 Å². The molecule has 0 aromatic heterocycles. The lowest BCUT2D eigenvalue weighted by molar-refractivity contribution is -0.171. The minimum atomic E-state index is -0.793. The van der Waals surface area contributed by atoms with Crippen LogP contribution >= 0.6 is 0 Å². The van der Waals surface area contributed by atoms with E-state index >= 15 is 0 Å². The second kappa shape index (κ2) is 5.30. The first-order chi connectivity index (χ1) is 9.24. The number of hydrogen-bond acceptors (Lipinski definition) is 3. The fourth-order valence-electron chi connectivity index (χ4n) is 3.69. The van der Waals surface area contributed by atoms with Crippen molar-refractivity contribution in [1.82, 2.24) is 5.32 Å². The van der Waals surface area contributed by atoms with Crippen molar-refractivity contribution >= 4 is 5.91 Å². The Balaban J connectivity index is 1.99. The Bertz CT molecular complexity index is 383. The van der Waals surface area contributed by atoms with Gasteiger partial charge in [0.2, 0.25) is 5.91 Å². The van der Waals surface area contributed by atoms with E-state index in [1.807, 2.05) is 20.8 Å². The number of carbonyl (C=O) groups excluding carboxylic acids is 1. The van der Waals surface area contributed by atoms with Crippen LogP contribution in [-0.2, 0) is 9.53 Å². The van der Waals surface area contributed by atoms with Gasteiger partial charge in [-0.3, -0.25) is 4.79 Å². The van der Waals surface area contributed by atoms with Crippen LogP contribution in [0.15, 0.2) is 0 Å². The monoisotopic (exact) mass is 282 g/mol. The molecule has 0 heterocycles. The molecule has 5 unspecified atom stereocenters. The minimum Gasteiger partial charge on any atom is -0.378 e. The van der Waals surface area contributed by atoms with Crippen LogP contribution in [0, 0.1) is 17.3 Å². The SMILES string of the molecule is CCOC1CC(N)(C(=O)NC2CCC(C)C2C)C1(C)C. The fourth-order valence-corrected chi connectivity index (χ4v) is 3.69. The smallest absolute Gasteiger partial charge is 0.241 e. The van der Waals surface area contributed by atoms with E-state index in [4.69, 9.17) is 10.5 Å². The van der Waals surface area contributed by atoms with Gasteiger partial charge >= 0.3 is 0 Å². The highest BCUT2D eigenvalue weighted by Crippen LogP contribution is 2.50. The zero-order valence-electron chi connectivity index (χ0n) is 13.5. The molecule has 2 aliphatic carbocycles. The Kier molecular flexibility index (Phi) is 4.18. The first-order valence-corrected chi connectivity index (χ1v) is 7.95. The van der Waals surface area contributed by atoms with Crippen LogP contribution in [0.1, 0.15) is 53.9 Å². The Hall–Kier alpha value is -0.610. The van der Waals surface area contributed by atoms with E-state index in [1.54, 1.807) is 0 Å². The maximum atomic E-state index is 12.6. The summed E-state index contributed by atoms with van der Waals surface area (Å²) >= 11 is 0. The molecule has 0 aromatic rings. The van der Waals surface area contributed by atoms with Crippen LogP contribution in [0.4, 0.5) is 0 Å². The third-order valence-electron chi connectivity index (χ3n) is 6.02. The van der Waals surface area contributed by atoms with Crippen molar-refractivity contribution < 1.29 is 9.53 Å². The Morgan fingerprint density at radius 1 is 1.35 bits per heavy atom. The van der Waals surface area contributed by atoms with Crippen molar-refractivity contribution in [2.45, 2.75) is 71.6 Å². The van der Waals surface area contributed by atoms with E-state index in [0.29, 0.717) is 24.9 Å². The van der Waals surface area contributed by atoms with Gasteiger partial charge in [0.25, 0.3) is 0 Å². The summed E-state index contributed by atoms with van der Waals surface area (Å²) in [6.45, 7) is 11.2. The largest absolute Gasteiger partial charge is 0.378 e. The van der Waals surface area contributed by atoms with Gasteiger partial charge in [-0.2, -0.15) is 0 Å². The molecular formula is C16H30N2O2. The molecule has 0 bridgehead atoms. The number of hydrogen-bond donors (Lipinski definition) is 2. The van der Waals surface area contributed by atoms with Crippen molar-refractivity contribution in [3.63, 3.8) is 0 Å². The average Bonchev–Trinajstić information content (AvgIpc) is 2.70. The van der Waals surface area contributed by atoms with E-state index in [1.165, 1.54) is 6.42 Å². The molecule has 20 heavy (non-hydrogen) atoms. The molecule has 0 aromatic carbocycles. The number of nitrogens with one attached hydrogen (secondary N) is 1. The highest BCUT2D eigenvalue weighted by atomic mass is 16.5. The van der Waals surface area contributed by atoms with Crippen molar-refractivity contribution in [3.05, 3.63) is 0 Å². The summed E-state index contributed by atoms with van der Waals surface area (Å²) in [6, 6.07) is 0.278. The van der Waals surface area contributed by atoms with Crippen LogP contribution in [0.25, 0.3) is 0 Å². The molecular weight excluding hydrogens is 252 g/mol. The van der Waals surface area contributed by atoms with Gasteiger partial charge in [-0.1, -0.05) is 27.7 Å². The lowest BCUT2D eigenvalue weighted by atomic mass is 9.54. The number of nitrogens with two attached hydrogens (primary N) is 1.